The second kappa shape index (κ2) is 9.38. The minimum Gasteiger partial charge on any atom is -0.375 e. The third kappa shape index (κ3) is 5.53. The first kappa shape index (κ1) is 22.4. The Labute approximate surface area is 187 Å². The number of carbonyl (C=O) groups is 1. The average Bonchev–Trinajstić information content (AvgIpc) is 2.74. The number of H-pyrrole nitrogens is 1. The molecule has 6 nitrogen and oxygen atoms in total. The standard InChI is InChI=1S/C25H30FN3O3/c1-25(2)15-20(11-14-32-25)27-23(30)22-8-7-21(28-24(22)31)16-29-12-9-18(10-13-29)17-3-5-19(26)6-4-17/h3-9,20H,10-16H2,1-2H3,(H,27,30)(H,28,31). The van der Waals surface area contributed by atoms with Gasteiger partial charge in [-0.25, -0.2) is 4.39 Å². The number of benzene rings is 1. The molecule has 7 heteroatoms. The number of aromatic amines is 1. The first-order valence-electron chi connectivity index (χ1n) is 11.1. The van der Waals surface area contributed by atoms with Crippen LogP contribution < -0.4 is 10.9 Å². The number of ether oxygens (including phenoxy) is 1. The van der Waals surface area contributed by atoms with E-state index in [4.69, 9.17) is 4.74 Å². The Balaban J connectivity index is 1.35. The molecule has 32 heavy (non-hydrogen) atoms. The minimum absolute atomic E-state index is 0.000710. The predicted molar refractivity (Wildman–Crippen MR) is 122 cm³/mol. The number of hydrogen-bond donors (Lipinski definition) is 2. The molecule has 0 spiro atoms. The first-order valence-corrected chi connectivity index (χ1v) is 11.1. The summed E-state index contributed by atoms with van der Waals surface area (Å²) in [5.74, 6) is -0.574. The zero-order chi connectivity index (χ0) is 22.7. The highest BCUT2D eigenvalue weighted by Gasteiger charge is 2.30. The monoisotopic (exact) mass is 439 g/mol. The van der Waals surface area contributed by atoms with Crippen LogP contribution in [0.2, 0.25) is 0 Å². The average molecular weight is 440 g/mol. The Kier molecular flexibility index (Phi) is 6.58. The molecule has 0 aliphatic carbocycles. The number of pyridine rings is 1. The number of aromatic nitrogens is 1. The summed E-state index contributed by atoms with van der Waals surface area (Å²) in [5, 5.41) is 2.98. The van der Waals surface area contributed by atoms with Crippen LogP contribution in [0, 0.1) is 5.82 Å². The van der Waals surface area contributed by atoms with Gasteiger partial charge >= 0.3 is 0 Å². The van der Waals surface area contributed by atoms with E-state index in [-0.39, 0.29) is 34.5 Å². The molecule has 1 amide bonds. The van der Waals surface area contributed by atoms with Crippen molar-refractivity contribution in [1.82, 2.24) is 15.2 Å². The molecule has 1 saturated heterocycles. The summed E-state index contributed by atoms with van der Waals surface area (Å²) < 4.78 is 18.8. The molecule has 0 saturated carbocycles. The lowest BCUT2D eigenvalue weighted by Crippen LogP contribution is -2.46. The van der Waals surface area contributed by atoms with Crippen LogP contribution in [0.1, 0.15) is 54.7 Å². The van der Waals surface area contributed by atoms with Crippen molar-refractivity contribution in [3.05, 3.63) is 75.5 Å². The van der Waals surface area contributed by atoms with E-state index < -0.39 is 0 Å². The Bertz CT molecular complexity index is 1060. The third-order valence-corrected chi connectivity index (χ3v) is 6.15. The van der Waals surface area contributed by atoms with Gasteiger partial charge in [-0.3, -0.25) is 14.5 Å². The van der Waals surface area contributed by atoms with Gasteiger partial charge in [-0.1, -0.05) is 18.2 Å². The molecule has 4 rings (SSSR count). The van der Waals surface area contributed by atoms with Crippen molar-refractivity contribution in [1.29, 1.82) is 0 Å². The lowest BCUT2D eigenvalue weighted by Gasteiger charge is -2.35. The highest BCUT2D eigenvalue weighted by atomic mass is 19.1. The van der Waals surface area contributed by atoms with Crippen molar-refractivity contribution >= 4 is 11.5 Å². The highest BCUT2D eigenvalue weighted by Crippen LogP contribution is 2.24. The topological polar surface area (TPSA) is 74.4 Å². The van der Waals surface area contributed by atoms with Crippen molar-refractivity contribution in [3.63, 3.8) is 0 Å². The molecule has 1 fully saturated rings. The largest absolute Gasteiger partial charge is 0.375 e. The van der Waals surface area contributed by atoms with Crippen LogP contribution in [-0.4, -0.2) is 47.1 Å². The van der Waals surface area contributed by atoms with Gasteiger partial charge in [-0.05, 0) is 68.5 Å². The van der Waals surface area contributed by atoms with Gasteiger partial charge in [0.25, 0.3) is 11.5 Å². The summed E-state index contributed by atoms with van der Waals surface area (Å²) in [6.45, 7) is 6.79. The highest BCUT2D eigenvalue weighted by molar-refractivity contribution is 5.94. The number of amides is 1. The lowest BCUT2D eigenvalue weighted by atomic mass is 9.94. The Morgan fingerprint density at radius 1 is 1.25 bits per heavy atom. The molecule has 2 aliphatic heterocycles. The first-order chi connectivity index (χ1) is 15.3. The van der Waals surface area contributed by atoms with Gasteiger partial charge in [-0.15, -0.1) is 0 Å². The van der Waals surface area contributed by atoms with Crippen LogP contribution >= 0.6 is 0 Å². The second-order valence-corrected chi connectivity index (χ2v) is 9.22. The summed E-state index contributed by atoms with van der Waals surface area (Å²) in [6.07, 6.45) is 4.47. The van der Waals surface area contributed by atoms with Crippen molar-refractivity contribution in [2.45, 2.75) is 51.3 Å². The molecule has 3 heterocycles. The fraction of sp³-hybridized carbons (Fsp3) is 0.440. The summed E-state index contributed by atoms with van der Waals surface area (Å²) in [5.41, 5.74) is 2.52. The zero-order valence-electron chi connectivity index (χ0n) is 18.6. The molecular weight excluding hydrogens is 409 g/mol. The van der Waals surface area contributed by atoms with E-state index in [1.165, 1.54) is 17.7 Å². The van der Waals surface area contributed by atoms with Gasteiger partial charge in [0.2, 0.25) is 0 Å². The van der Waals surface area contributed by atoms with Gasteiger partial charge in [-0.2, -0.15) is 0 Å². The molecule has 2 N–H and O–H groups in total. The predicted octanol–water partition coefficient (Wildman–Crippen LogP) is 3.49. The number of rotatable bonds is 5. The van der Waals surface area contributed by atoms with E-state index in [2.05, 4.69) is 21.3 Å². The maximum atomic E-state index is 13.1. The van der Waals surface area contributed by atoms with E-state index in [0.29, 0.717) is 13.2 Å². The van der Waals surface area contributed by atoms with Crippen molar-refractivity contribution < 1.29 is 13.9 Å². The van der Waals surface area contributed by atoms with Gasteiger partial charge in [0.1, 0.15) is 11.4 Å². The van der Waals surface area contributed by atoms with Gasteiger partial charge in [0, 0.05) is 38.0 Å². The van der Waals surface area contributed by atoms with E-state index >= 15 is 0 Å². The van der Waals surface area contributed by atoms with Crippen LogP contribution in [0.3, 0.4) is 0 Å². The number of halogens is 1. The van der Waals surface area contributed by atoms with Crippen molar-refractivity contribution in [2.24, 2.45) is 0 Å². The zero-order valence-corrected chi connectivity index (χ0v) is 18.6. The minimum atomic E-state index is -0.370. The second-order valence-electron chi connectivity index (χ2n) is 9.22. The SMILES string of the molecule is CC1(C)CC(NC(=O)c2ccc(CN3CC=C(c4ccc(F)cc4)CC3)[nH]c2=O)CCO1. The molecule has 170 valence electrons. The van der Waals surface area contributed by atoms with Crippen LogP contribution in [0.4, 0.5) is 4.39 Å². The normalized spacial score (nSPS) is 21.1. The molecule has 1 atom stereocenters. The Morgan fingerprint density at radius 3 is 2.69 bits per heavy atom. The van der Waals surface area contributed by atoms with Gasteiger partial charge in [0.15, 0.2) is 0 Å². The molecule has 1 aromatic heterocycles. The molecule has 2 aromatic rings. The molecule has 1 unspecified atom stereocenters. The van der Waals surface area contributed by atoms with Crippen molar-refractivity contribution in [3.8, 4) is 0 Å². The fourth-order valence-corrected chi connectivity index (χ4v) is 4.43. The molecule has 0 bridgehead atoms. The fourth-order valence-electron chi connectivity index (χ4n) is 4.43. The Morgan fingerprint density at radius 2 is 2.03 bits per heavy atom. The Hall–Kier alpha value is -2.77. The molecular formula is C25H30FN3O3. The lowest BCUT2D eigenvalue weighted by molar-refractivity contribution is -0.0615. The van der Waals surface area contributed by atoms with Crippen LogP contribution in [0.15, 0.2) is 47.3 Å². The number of nitrogens with zero attached hydrogens (tertiary/aromatic N) is 1. The number of nitrogens with one attached hydrogen (secondary N) is 2. The molecule has 2 aliphatic rings. The maximum Gasteiger partial charge on any atom is 0.261 e. The summed E-state index contributed by atoms with van der Waals surface area (Å²) in [7, 11) is 0. The number of carbonyl (C=O) groups excluding carboxylic acids is 1. The molecule has 0 radical (unpaired) electrons. The molecule has 1 aromatic carbocycles. The third-order valence-electron chi connectivity index (χ3n) is 6.15. The van der Waals surface area contributed by atoms with Crippen LogP contribution in [0.25, 0.3) is 5.57 Å². The summed E-state index contributed by atoms with van der Waals surface area (Å²) >= 11 is 0. The number of hydrogen-bond acceptors (Lipinski definition) is 4. The van der Waals surface area contributed by atoms with E-state index in [0.717, 1.165) is 43.6 Å². The van der Waals surface area contributed by atoms with Crippen LogP contribution in [-0.2, 0) is 11.3 Å². The van der Waals surface area contributed by atoms with E-state index in [1.54, 1.807) is 18.2 Å². The summed E-state index contributed by atoms with van der Waals surface area (Å²) in [4.78, 5) is 30.3. The van der Waals surface area contributed by atoms with Gasteiger partial charge < -0.3 is 15.0 Å². The van der Waals surface area contributed by atoms with Crippen molar-refractivity contribution in [2.75, 3.05) is 19.7 Å². The van der Waals surface area contributed by atoms with E-state index in [1.807, 2.05) is 19.9 Å². The smallest absolute Gasteiger partial charge is 0.261 e. The van der Waals surface area contributed by atoms with Gasteiger partial charge in [0.05, 0.1) is 5.60 Å². The summed E-state index contributed by atoms with van der Waals surface area (Å²) in [6, 6.07) is 9.99. The quantitative estimate of drug-likeness (QED) is 0.748. The van der Waals surface area contributed by atoms with Crippen LogP contribution in [0.5, 0.6) is 0 Å². The maximum absolute atomic E-state index is 13.1. The van der Waals surface area contributed by atoms with E-state index in [9.17, 15) is 14.0 Å².